The minimum Gasteiger partial charge on any atom is -0.408 e. The molecule has 0 bridgehead atoms. The van der Waals surface area contributed by atoms with Crippen molar-refractivity contribution in [3.63, 3.8) is 0 Å². The summed E-state index contributed by atoms with van der Waals surface area (Å²) in [5.41, 5.74) is -1.29. The average Bonchev–Trinajstić information content (AvgIpc) is 2.64. The van der Waals surface area contributed by atoms with E-state index in [2.05, 4.69) is 15.9 Å². The molecule has 0 unspecified atom stereocenters. The highest BCUT2D eigenvalue weighted by molar-refractivity contribution is 9.10. The van der Waals surface area contributed by atoms with Crippen LogP contribution in [0.4, 0.5) is 5.69 Å². The molecule has 0 aliphatic heterocycles. The van der Waals surface area contributed by atoms with Crippen molar-refractivity contribution in [1.82, 2.24) is 4.57 Å². The number of halogens is 2. The largest absolute Gasteiger partial charge is 0.427 e. The molecule has 0 atom stereocenters. The van der Waals surface area contributed by atoms with Crippen LogP contribution in [0.3, 0.4) is 0 Å². The molecule has 0 N–H and O–H groups in total. The van der Waals surface area contributed by atoms with Gasteiger partial charge in [-0.3, -0.25) is 14.9 Å². The molecule has 4 rings (SSSR count). The third kappa shape index (κ3) is 2.73. The Labute approximate surface area is 163 Å². The topological polar surface area (TPSA) is 95.3 Å². The predicted octanol–water partition coefficient (Wildman–Crippen LogP) is 4.42. The minimum atomic E-state index is -1.02. The fourth-order valence-corrected chi connectivity index (χ4v) is 3.69. The first kappa shape index (κ1) is 17.4. The summed E-state index contributed by atoms with van der Waals surface area (Å²) in [4.78, 5) is 36.2. The van der Waals surface area contributed by atoms with Gasteiger partial charge in [-0.15, -0.1) is 0 Å². The molecule has 134 valence electrons. The van der Waals surface area contributed by atoms with Gasteiger partial charge in [0.1, 0.15) is 5.69 Å². The van der Waals surface area contributed by atoms with E-state index in [4.69, 9.17) is 16.0 Å². The summed E-state index contributed by atoms with van der Waals surface area (Å²) in [7, 11) is 0. The molecule has 0 radical (unpaired) electrons. The summed E-state index contributed by atoms with van der Waals surface area (Å²) in [5.74, 6) is -1.02. The van der Waals surface area contributed by atoms with Gasteiger partial charge in [-0.2, -0.15) is 0 Å². The SMILES string of the molecule is O=c1oc2c(cc(Br)c3ccccc32)c(=O)n1-c1ccc(Cl)cc1[N+](=O)[O-]. The van der Waals surface area contributed by atoms with E-state index in [9.17, 15) is 19.7 Å². The van der Waals surface area contributed by atoms with E-state index in [-0.39, 0.29) is 21.7 Å². The van der Waals surface area contributed by atoms with Crippen LogP contribution in [0.1, 0.15) is 0 Å². The molecule has 3 aromatic carbocycles. The summed E-state index contributed by atoms with van der Waals surface area (Å²) in [6, 6.07) is 12.3. The standard InChI is InChI=1S/C18H8BrClN2O5/c19-13-8-12-16(11-4-2-1-3-10(11)13)27-18(24)21(17(12)23)14-6-5-9(20)7-15(14)22(25)26/h1-8H. The van der Waals surface area contributed by atoms with Gasteiger partial charge < -0.3 is 4.42 Å². The van der Waals surface area contributed by atoms with Crippen LogP contribution in [-0.2, 0) is 0 Å². The number of benzene rings is 3. The van der Waals surface area contributed by atoms with E-state index in [0.29, 0.717) is 14.4 Å². The van der Waals surface area contributed by atoms with E-state index < -0.39 is 21.9 Å². The summed E-state index contributed by atoms with van der Waals surface area (Å²) < 4.78 is 6.66. The number of hydrogen-bond acceptors (Lipinski definition) is 5. The van der Waals surface area contributed by atoms with E-state index in [0.717, 1.165) is 11.5 Å². The molecule has 1 aromatic heterocycles. The first-order chi connectivity index (χ1) is 12.9. The Balaban J connectivity index is 2.17. The number of hydrogen-bond donors (Lipinski definition) is 0. The number of nitro benzene ring substituents is 1. The molecule has 1 heterocycles. The Hall–Kier alpha value is -2.97. The van der Waals surface area contributed by atoms with Gasteiger partial charge in [0.15, 0.2) is 5.58 Å². The van der Waals surface area contributed by atoms with Gasteiger partial charge in [0.25, 0.3) is 11.2 Å². The summed E-state index contributed by atoms with van der Waals surface area (Å²) in [6.45, 7) is 0. The van der Waals surface area contributed by atoms with Crippen LogP contribution in [0.2, 0.25) is 5.02 Å². The fourth-order valence-electron chi connectivity index (χ4n) is 2.95. The van der Waals surface area contributed by atoms with Crippen molar-refractivity contribution in [1.29, 1.82) is 0 Å². The van der Waals surface area contributed by atoms with Gasteiger partial charge in [-0.25, -0.2) is 9.36 Å². The number of nitro groups is 1. The second-order valence-corrected chi connectivity index (χ2v) is 6.97. The van der Waals surface area contributed by atoms with Crippen LogP contribution in [0.25, 0.3) is 27.4 Å². The van der Waals surface area contributed by atoms with Crippen molar-refractivity contribution in [3.05, 3.63) is 89.0 Å². The maximum Gasteiger partial charge on any atom is 0.427 e. The molecule has 0 spiro atoms. The second-order valence-electron chi connectivity index (χ2n) is 5.68. The normalized spacial score (nSPS) is 11.2. The third-order valence-corrected chi connectivity index (χ3v) is 5.02. The van der Waals surface area contributed by atoms with Gasteiger partial charge >= 0.3 is 5.76 Å². The Kier molecular flexibility index (Phi) is 4.09. The monoisotopic (exact) mass is 446 g/mol. The van der Waals surface area contributed by atoms with Crippen LogP contribution < -0.4 is 11.3 Å². The number of aromatic nitrogens is 1. The Bertz CT molecular complexity index is 1380. The zero-order valence-corrected chi connectivity index (χ0v) is 15.7. The smallest absolute Gasteiger partial charge is 0.408 e. The zero-order chi connectivity index (χ0) is 19.3. The molecule has 4 aromatic rings. The first-order valence-corrected chi connectivity index (χ1v) is 8.77. The van der Waals surface area contributed by atoms with Crippen molar-refractivity contribution in [2.45, 2.75) is 0 Å². The molecule has 0 fully saturated rings. The average molecular weight is 448 g/mol. The Morgan fingerprint density at radius 1 is 1.04 bits per heavy atom. The van der Waals surface area contributed by atoms with Gasteiger partial charge in [0.2, 0.25) is 0 Å². The van der Waals surface area contributed by atoms with Crippen LogP contribution >= 0.6 is 27.5 Å². The highest BCUT2D eigenvalue weighted by Gasteiger charge is 2.22. The fraction of sp³-hybridized carbons (Fsp3) is 0. The summed E-state index contributed by atoms with van der Waals surface area (Å²) >= 11 is 9.21. The number of nitrogens with zero attached hydrogens (tertiary/aromatic N) is 2. The van der Waals surface area contributed by atoms with Gasteiger partial charge in [-0.05, 0) is 23.6 Å². The van der Waals surface area contributed by atoms with Crippen molar-refractivity contribution in [3.8, 4) is 5.69 Å². The lowest BCUT2D eigenvalue weighted by molar-refractivity contribution is -0.384. The number of fused-ring (bicyclic) bond motifs is 3. The van der Waals surface area contributed by atoms with Gasteiger partial charge in [0.05, 0.1) is 10.3 Å². The van der Waals surface area contributed by atoms with Crippen LogP contribution in [0.15, 0.2) is 67.0 Å². The van der Waals surface area contributed by atoms with Crippen LogP contribution in [-0.4, -0.2) is 9.49 Å². The molecule has 0 amide bonds. The lowest BCUT2D eigenvalue weighted by Gasteiger charge is -2.09. The molecular formula is C18H8BrClN2O5. The highest BCUT2D eigenvalue weighted by atomic mass is 79.9. The highest BCUT2D eigenvalue weighted by Crippen LogP contribution is 2.31. The van der Waals surface area contributed by atoms with Gasteiger partial charge in [-0.1, -0.05) is 51.8 Å². The van der Waals surface area contributed by atoms with E-state index >= 15 is 0 Å². The third-order valence-electron chi connectivity index (χ3n) is 4.13. The summed E-state index contributed by atoms with van der Waals surface area (Å²) in [5, 5.41) is 12.9. The summed E-state index contributed by atoms with van der Waals surface area (Å²) in [6.07, 6.45) is 0. The molecule has 9 heteroatoms. The molecule has 27 heavy (non-hydrogen) atoms. The maximum atomic E-state index is 13.0. The van der Waals surface area contributed by atoms with E-state index in [1.54, 1.807) is 12.1 Å². The van der Waals surface area contributed by atoms with Crippen molar-refractivity contribution >= 4 is 55.0 Å². The zero-order valence-electron chi connectivity index (χ0n) is 13.3. The molecule has 0 saturated carbocycles. The maximum absolute atomic E-state index is 13.0. The minimum absolute atomic E-state index is 0.109. The molecular weight excluding hydrogens is 440 g/mol. The van der Waals surface area contributed by atoms with Gasteiger partial charge in [0, 0.05) is 20.9 Å². The predicted molar refractivity (Wildman–Crippen MR) is 105 cm³/mol. The quantitative estimate of drug-likeness (QED) is 0.257. The molecule has 7 nitrogen and oxygen atoms in total. The first-order valence-electron chi connectivity index (χ1n) is 7.60. The van der Waals surface area contributed by atoms with Crippen molar-refractivity contribution in [2.24, 2.45) is 0 Å². The van der Waals surface area contributed by atoms with Crippen molar-refractivity contribution in [2.75, 3.05) is 0 Å². The van der Waals surface area contributed by atoms with Crippen molar-refractivity contribution < 1.29 is 9.34 Å². The molecule has 0 aliphatic rings. The Morgan fingerprint density at radius 3 is 2.44 bits per heavy atom. The van der Waals surface area contributed by atoms with Crippen LogP contribution in [0, 0.1) is 10.1 Å². The molecule has 0 aliphatic carbocycles. The Morgan fingerprint density at radius 2 is 1.74 bits per heavy atom. The second kappa shape index (κ2) is 6.33. The number of rotatable bonds is 2. The lowest BCUT2D eigenvalue weighted by atomic mass is 10.1. The van der Waals surface area contributed by atoms with Crippen LogP contribution in [0.5, 0.6) is 0 Å². The molecule has 0 saturated heterocycles. The van der Waals surface area contributed by atoms with E-state index in [1.807, 2.05) is 12.1 Å². The van der Waals surface area contributed by atoms with E-state index in [1.165, 1.54) is 18.2 Å². The lowest BCUT2D eigenvalue weighted by Crippen LogP contribution is -2.31.